The molecule has 6 heteroatoms. The van der Waals surface area contributed by atoms with Crippen LogP contribution in [0.1, 0.15) is 25.8 Å². The number of amides is 1. The Kier molecular flexibility index (Phi) is 3.91. The van der Waals surface area contributed by atoms with Crippen molar-refractivity contribution in [2.24, 2.45) is 5.41 Å². The summed E-state index contributed by atoms with van der Waals surface area (Å²) in [5, 5.41) is 2.94. The van der Waals surface area contributed by atoms with Crippen molar-refractivity contribution in [2.45, 2.75) is 32.2 Å². The van der Waals surface area contributed by atoms with Crippen LogP contribution >= 0.6 is 0 Å². The van der Waals surface area contributed by atoms with Gasteiger partial charge in [0.15, 0.2) is 0 Å². The van der Waals surface area contributed by atoms with Crippen LogP contribution in [0.5, 0.6) is 0 Å². The van der Waals surface area contributed by atoms with Gasteiger partial charge in [0.1, 0.15) is 6.54 Å². The van der Waals surface area contributed by atoms with Crippen LogP contribution in [-0.2, 0) is 16.8 Å². The highest BCUT2D eigenvalue weighted by Crippen LogP contribution is 2.63. The van der Waals surface area contributed by atoms with Crippen LogP contribution in [0, 0.1) is 5.41 Å². The number of nitrogens with one attached hydrogen (secondary N) is 2. The van der Waals surface area contributed by atoms with Gasteiger partial charge < -0.3 is 5.32 Å². The van der Waals surface area contributed by atoms with Crippen molar-refractivity contribution < 1.29 is 4.79 Å². The summed E-state index contributed by atoms with van der Waals surface area (Å²) in [6, 6.07) is 11.4. The van der Waals surface area contributed by atoms with E-state index in [1.54, 1.807) is 0 Å². The largest absolute Gasteiger partial charge is 0.354 e. The van der Waals surface area contributed by atoms with Gasteiger partial charge in [-0.05, 0) is 17.4 Å². The van der Waals surface area contributed by atoms with Crippen molar-refractivity contribution >= 4 is 5.91 Å². The summed E-state index contributed by atoms with van der Waals surface area (Å²) in [6.45, 7) is 4.80. The summed E-state index contributed by atoms with van der Waals surface area (Å²) in [7, 11) is 0. The molecule has 0 radical (unpaired) electrons. The molecule has 126 valence electrons. The lowest BCUT2D eigenvalue weighted by Crippen LogP contribution is -2.39. The van der Waals surface area contributed by atoms with Crippen LogP contribution in [0.4, 0.5) is 0 Å². The molecule has 1 amide bonds. The van der Waals surface area contributed by atoms with Crippen molar-refractivity contribution in [1.82, 2.24) is 14.9 Å². The first kappa shape index (κ1) is 16.2. The third kappa shape index (κ3) is 2.91. The normalized spacial score (nSPS) is 21.2. The summed E-state index contributed by atoms with van der Waals surface area (Å²) in [5.74, 6) is -0.248. The number of aromatic nitrogens is 2. The van der Waals surface area contributed by atoms with Gasteiger partial charge in [-0.3, -0.25) is 19.1 Å². The van der Waals surface area contributed by atoms with Crippen LogP contribution < -0.4 is 16.6 Å². The summed E-state index contributed by atoms with van der Waals surface area (Å²) in [6.07, 6.45) is 2.33. The smallest absolute Gasteiger partial charge is 0.328 e. The number of hydrogen-bond acceptors (Lipinski definition) is 3. The molecular formula is C18H21N3O3. The lowest BCUT2D eigenvalue weighted by molar-refractivity contribution is -0.121. The average molecular weight is 327 g/mol. The summed E-state index contributed by atoms with van der Waals surface area (Å²) >= 11 is 0. The predicted molar refractivity (Wildman–Crippen MR) is 90.9 cm³/mol. The standard InChI is InChI=1S/C18H21N3O3/c1-17(2)11-18(17,13-6-4-3-5-7-13)12-19-15(23)10-21-9-8-14(22)20-16(21)24/h3-9H,10-12H2,1-2H3,(H,19,23)(H,20,22,24)/t18-/m1/s1. The Labute approximate surface area is 139 Å². The molecule has 2 N–H and O–H groups in total. The maximum Gasteiger partial charge on any atom is 0.328 e. The average Bonchev–Trinajstić information content (AvgIpc) is 3.12. The van der Waals surface area contributed by atoms with E-state index in [9.17, 15) is 14.4 Å². The Hall–Kier alpha value is -2.63. The molecule has 0 spiro atoms. The van der Waals surface area contributed by atoms with Crippen molar-refractivity contribution in [2.75, 3.05) is 6.54 Å². The molecule has 1 heterocycles. The van der Waals surface area contributed by atoms with Gasteiger partial charge in [0.05, 0.1) is 0 Å². The molecule has 6 nitrogen and oxygen atoms in total. The van der Waals surface area contributed by atoms with Crippen LogP contribution in [0.15, 0.2) is 52.2 Å². The van der Waals surface area contributed by atoms with E-state index < -0.39 is 11.2 Å². The molecule has 0 aliphatic heterocycles. The molecule has 2 aromatic rings. The van der Waals surface area contributed by atoms with Gasteiger partial charge in [0, 0.05) is 24.2 Å². The topological polar surface area (TPSA) is 84.0 Å². The molecular weight excluding hydrogens is 306 g/mol. The molecule has 0 bridgehead atoms. The van der Waals surface area contributed by atoms with Gasteiger partial charge in [-0.1, -0.05) is 44.2 Å². The van der Waals surface area contributed by atoms with E-state index in [1.807, 2.05) is 18.2 Å². The lowest BCUT2D eigenvalue weighted by Gasteiger charge is -2.22. The van der Waals surface area contributed by atoms with Crippen LogP contribution in [0.25, 0.3) is 0 Å². The van der Waals surface area contributed by atoms with Crippen molar-refractivity contribution in [3.63, 3.8) is 0 Å². The zero-order valence-corrected chi connectivity index (χ0v) is 13.8. The Balaban J connectivity index is 1.69. The predicted octanol–water partition coefficient (Wildman–Crippen LogP) is 1.02. The molecule has 0 saturated heterocycles. The van der Waals surface area contributed by atoms with E-state index in [4.69, 9.17) is 0 Å². The second-order valence-electron chi connectivity index (χ2n) is 7.02. The van der Waals surface area contributed by atoms with Gasteiger partial charge in [-0.2, -0.15) is 0 Å². The Morgan fingerprint density at radius 1 is 1.21 bits per heavy atom. The van der Waals surface area contributed by atoms with Gasteiger partial charge >= 0.3 is 5.69 Å². The molecule has 1 aliphatic rings. The summed E-state index contributed by atoms with van der Waals surface area (Å²) < 4.78 is 1.18. The molecule has 3 rings (SSSR count). The molecule has 0 unspecified atom stereocenters. The van der Waals surface area contributed by atoms with Crippen molar-refractivity contribution in [1.29, 1.82) is 0 Å². The van der Waals surface area contributed by atoms with Gasteiger partial charge in [-0.15, -0.1) is 0 Å². The maximum atomic E-state index is 12.2. The monoisotopic (exact) mass is 327 g/mol. The van der Waals surface area contributed by atoms with Gasteiger partial charge in [0.25, 0.3) is 5.56 Å². The Bertz CT molecular complexity index is 867. The van der Waals surface area contributed by atoms with Gasteiger partial charge in [-0.25, -0.2) is 4.79 Å². The fourth-order valence-corrected chi connectivity index (χ4v) is 3.39. The van der Waals surface area contributed by atoms with E-state index in [2.05, 4.69) is 36.3 Å². The number of aromatic amines is 1. The highest BCUT2D eigenvalue weighted by atomic mass is 16.2. The minimum Gasteiger partial charge on any atom is -0.354 e. The summed E-state index contributed by atoms with van der Waals surface area (Å²) in [5.41, 5.74) is 0.217. The molecule has 24 heavy (non-hydrogen) atoms. The SMILES string of the molecule is CC1(C)C[C@@]1(CNC(=O)Cn1ccc(=O)[nH]c1=O)c1ccccc1. The fraction of sp³-hybridized carbons (Fsp3) is 0.389. The molecule has 1 saturated carbocycles. The molecule has 1 aromatic carbocycles. The maximum absolute atomic E-state index is 12.2. The van der Waals surface area contributed by atoms with Gasteiger partial charge in [0.2, 0.25) is 5.91 Å². The first-order valence-corrected chi connectivity index (χ1v) is 7.96. The minimum absolute atomic E-state index is 0.0696. The zero-order chi connectivity index (χ0) is 17.4. The third-order valence-electron chi connectivity index (χ3n) is 5.04. The third-order valence-corrected chi connectivity index (χ3v) is 5.04. The lowest BCUT2D eigenvalue weighted by atomic mass is 9.88. The zero-order valence-electron chi connectivity index (χ0n) is 13.8. The highest BCUT2D eigenvalue weighted by Gasteiger charge is 2.61. The first-order chi connectivity index (χ1) is 11.3. The Morgan fingerprint density at radius 2 is 1.88 bits per heavy atom. The number of carbonyl (C=O) groups is 1. The number of rotatable bonds is 5. The van der Waals surface area contributed by atoms with E-state index in [1.165, 1.54) is 22.4 Å². The fourth-order valence-electron chi connectivity index (χ4n) is 3.39. The molecule has 1 aromatic heterocycles. The van der Waals surface area contributed by atoms with E-state index in [0.29, 0.717) is 6.54 Å². The molecule has 1 atom stereocenters. The van der Waals surface area contributed by atoms with E-state index >= 15 is 0 Å². The number of nitrogens with zero attached hydrogens (tertiary/aromatic N) is 1. The first-order valence-electron chi connectivity index (χ1n) is 7.96. The minimum atomic E-state index is -0.581. The number of H-pyrrole nitrogens is 1. The Morgan fingerprint density at radius 3 is 2.46 bits per heavy atom. The van der Waals surface area contributed by atoms with Crippen LogP contribution in [0.2, 0.25) is 0 Å². The van der Waals surface area contributed by atoms with Crippen molar-refractivity contribution in [3.05, 3.63) is 69.0 Å². The van der Waals surface area contributed by atoms with Crippen LogP contribution in [-0.4, -0.2) is 22.0 Å². The molecule has 1 aliphatic carbocycles. The van der Waals surface area contributed by atoms with Crippen molar-refractivity contribution in [3.8, 4) is 0 Å². The second kappa shape index (κ2) is 5.78. The highest BCUT2D eigenvalue weighted by molar-refractivity contribution is 5.76. The second-order valence-corrected chi connectivity index (χ2v) is 7.02. The number of carbonyl (C=O) groups excluding carboxylic acids is 1. The number of benzene rings is 1. The quantitative estimate of drug-likeness (QED) is 0.860. The van der Waals surface area contributed by atoms with E-state index in [-0.39, 0.29) is 23.3 Å². The summed E-state index contributed by atoms with van der Waals surface area (Å²) in [4.78, 5) is 37.0. The molecule has 1 fully saturated rings. The van der Waals surface area contributed by atoms with E-state index in [0.717, 1.165) is 6.42 Å². The van der Waals surface area contributed by atoms with Crippen LogP contribution in [0.3, 0.4) is 0 Å². The number of hydrogen-bond donors (Lipinski definition) is 2.